The zero-order valence-electron chi connectivity index (χ0n) is 13.8. The smallest absolute Gasteiger partial charge is 0.226 e. The Balaban J connectivity index is 1.65. The van der Waals surface area contributed by atoms with Crippen LogP contribution in [0, 0.1) is 0 Å². The van der Waals surface area contributed by atoms with Crippen molar-refractivity contribution in [2.24, 2.45) is 0 Å². The molecular formula is C19H20N2O3. The number of amides is 1. The summed E-state index contributed by atoms with van der Waals surface area (Å²) in [6, 6.07) is 15.5. The first-order valence-corrected chi connectivity index (χ1v) is 7.76. The maximum atomic E-state index is 12.2. The van der Waals surface area contributed by atoms with E-state index in [1.807, 2.05) is 18.3 Å². The number of methoxy groups -OCH3 is 2. The maximum Gasteiger partial charge on any atom is 0.226 e. The van der Waals surface area contributed by atoms with E-state index in [-0.39, 0.29) is 5.91 Å². The predicted molar refractivity (Wildman–Crippen MR) is 94.7 cm³/mol. The van der Waals surface area contributed by atoms with E-state index in [4.69, 9.17) is 9.47 Å². The quantitative estimate of drug-likeness (QED) is 0.752. The van der Waals surface area contributed by atoms with Gasteiger partial charge in [-0.2, -0.15) is 0 Å². The molecule has 1 amide bonds. The van der Waals surface area contributed by atoms with Gasteiger partial charge in [0, 0.05) is 48.6 Å². The molecule has 1 heterocycles. The molecule has 3 rings (SSSR count). The number of hydrogen-bond acceptors (Lipinski definition) is 3. The fourth-order valence-electron chi connectivity index (χ4n) is 2.66. The van der Waals surface area contributed by atoms with Crippen LogP contribution in [0.15, 0.2) is 54.7 Å². The minimum atomic E-state index is -0.0527. The Labute approximate surface area is 140 Å². The third kappa shape index (κ3) is 3.51. The molecule has 1 N–H and O–H groups in total. The lowest BCUT2D eigenvalue weighted by molar-refractivity contribution is -0.116. The van der Waals surface area contributed by atoms with E-state index in [2.05, 4.69) is 28.1 Å². The Bertz CT molecular complexity index is 832. The molecule has 0 atom stereocenters. The highest BCUT2D eigenvalue weighted by atomic mass is 16.5. The molecule has 0 saturated heterocycles. The van der Waals surface area contributed by atoms with E-state index in [1.165, 1.54) is 5.39 Å². The van der Waals surface area contributed by atoms with Crippen molar-refractivity contribution >= 4 is 22.5 Å². The Hall–Kier alpha value is -2.95. The van der Waals surface area contributed by atoms with Gasteiger partial charge in [0.25, 0.3) is 0 Å². The zero-order valence-corrected chi connectivity index (χ0v) is 13.8. The van der Waals surface area contributed by atoms with Gasteiger partial charge in [0.05, 0.1) is 14.2 Å². The van der Waals surface area contributed by atoms with Gasteiger partial charge in [-0.3, -0.25) is 4.79 Å². The third-order valence-corrected chi connectivity index (χ3v) is 3.90. The average Bonchev–Trinajstić information content (AvgIpc) is 3.02. The summed E-state index contributed by atoms with van der Waals surface area (Å²) >= 11 is 0. The number of ether oxygens (including phenoxy) is 2. The van der Waals surface area contributed by atoms with E-state index in [0.29, 0.717) is 30.2 Å². The number of benzene rings is 2. The van der Waals surface area contributed by atoms with Gasteiger partial charge in [-0.15, -0.1) is 0 Å². The number of aromatic nitrogens is 1. The normalized spacial score (nSPS) is 10.6. The monoisotopic (exact) mass is 324 g/mol. The van der Waals surface area contributed by atoms with Crippen LogP contribution in [0.5, 0.6) is 11.5 Å². The van der Waals surface area contributed by atoms with E-state index >= 15 is 0 Å². The Morgan fingerprint density at radius 3 is 2.46 bits per heavy atom. The molecule has 0 spiro atoms. The molecule has 124 valence electrons. The number of carbonyl (C=O) groups is 1. The highest BCUT2D eigenvalue weighted by Crippen LogP contribution is 2.26. The van der Waals surface area contributed by atoms with Crippen molar-refractivity contribution in [2.45, 2.75) is 13.0 Å². The second-order valence-electron chi connectivity index (χ2n) is 5.47. The molecule has 2 aromatic carbocycles. The number of aryl methyl sites for hydroxylation is 1. The van der Waals surface area contributed by atoms with Crippen LogP contribution in [0.2, 0.25) is 0 Å². The van der Waals surface area contributed by atoms with Crippen molar-refractivity contribution in [2.75, 3.05) is 19.5 Å². The summed E-state index contributed by atoms with van der Waals surface area (Å²) in [5.74, 6) is 1.23. The molecule has 0 aliphatic rings. The van der Waals surface area contributed by atoms with Gasteiger partial charge in [0.15, 0.2) is 0 Å². The predicted octanol–water partition coefficient (Wildman–Crippen LogP) is 3.69. The van der Waals surface area contributed by atoms with E-state index in [1.54, 1.807) is 32.4 Å². The highest BCUT2D eigenvalue weighted by molar-refractivity contribution is 5.91. The number of nitrogens with zero attached hydrogens (tertiary/aromatic N) is 1. The van der Waals surface area contributed by atoms with Crippen molar-refractivity contribution < 1.29 is 14.3 Å². The largest absolute Gasteiger partial charge is 0.497 e. The minimum absolute atomic E-state index is 0.0527. The number of para-hydroxylation sites is 1. The molecule has 0 saturated carbocycles. The van der Waals surface area contributed by atoms with Gasteiger partial charge in [0.2, 0.25) is 5.91 Å². The van der Waals surface area contributed by atoms with Gasteiger partial charge in [-0.1, -0.05) is 18.2 Å². The van der Waals surface area contributed by atoms with Gasteiger partial charge >= 0.3 is 0 Å². The Kier molecular flexibility index (Phi) is 4.70. The number of nitrogens with one attached hydrogen (secondary N) is 1. The van der Waals surface area contributed by atoms with Crippen molar-refractivity contribution in [3.63, 3.8) is 0 Å². The first-order valence-electron chi connectivity index (χ1n) is 7.76. The molecule has 5 heteroatoms. The van der Waals surface area contributed by atoms with Crippen LogP contribution in [0.1, 0.15) is 6.42 Å². The summed E-state index contributed by atoms with van der Waals surface area (Å²) in [5.41, 5.74) is 1.79. The standard InChI is InChI=1S/C19H20N2O3/c1-23-16-11-15(12-17(13-16)24-2)20-19(22)8-10-21-9-7-14-5-3-4-6-18(14)21/h3-7,9,11-13H,8,10H2,1-2H3,(H,20,22). The summed E-state index contributed by atoms with van der Waals surface area (Å²) in [6.07, 6.45) is 2.39. The van der Waals surface area contributed by atoms with Crippen LogP contribution in [0.3, 0.4) is 0 Å². The molecule has 0 radical (unpaired) electrons. The van der Waals surface area contributed by atoms with Crippen LogP contribution in [0.25, 0.3) is 10.9 Å². The van der Waals surface area contributed by atoms with Crippen LogP contribution in [-0.4, -0.2) is 24.7 Å². The Morgan fingerprint density at radius 1 is 1.04 bits per heavy atom. The van der Waals surface area contributed by atoms with Gasteiger partial charge in [0.1, 0.15) is 11.5 Å². The summed E-state index contributed by atoms with van der Waals surface area (Å²) in [6.45, 7) is 0.625. The third-order valence-electron chi connectivity index (χ3n) is 3.90. The van der Waals surface area contributed by atoms with Crippen LogP contribution >= 0.6 is 0 Å². The molecule has 0 unspecified atom stereocenters. The molecule has 0 fully saturated rings. The van der Waals surface area contributed by atoms with E-state index in [0.717, 1.165) is 5.52 Å². The summed E-state index contributed by atoms with van der Waals surface area (Å²) in [7, 11) is 3.16. The first-order chi connectivity index (χ1) is 11.7. The lowest BCUT2D eigenvalue weighted by atomic mass is 10.2. The summed E-state index contributed by atoms with van der Waals surface area (Å²) < 4.78 is 12.5. The number of fused-ring (bicyclic) bond motifs is 1. The van der Waals surface area contributed by atoms with E-state index in [9.17, 15) is 4.79 Å². The number of carbonyl (C=O) groups excluding carboxylic acids is 1. The minimum Gasteiger partial charge on any atom is -0.497 e. The van der Waals surface area contributed by atoms with Crippen LogP contribution < -0.4 is 14.8 Å². The van der Waals surface area contributed by atoms with Crippen molar-refractivity contribution in [3.05, 3.63) is 54.7 Å². The lowest BCUT2D eigenvalue weighted by Gasteiger charge is -2.10. The van der Waals surface area contributed by atoms with Crippen molar-refractivity contribution in [1.82, 2.24) is 4.57 Å². The van der Waals surface area contributed by atoms with Crippen LogP contribution in [-0.2, 0) is 11.3 Å². The average molecular weight is 324 g/mol. The molecule has 0 aliphatic heterocycles. The second-order valence-corrected chi connectivity index (χ2v) is 5.47. The summed E-state index contributed by atoms with van der Waals surface area (Å²) in [5, 5.41) is 4.07. The molecule has 1 aromatic heterocycles. The lowest BCUT2D eigenvalue weighted by Crippen LogP contribution is -2.14. The fourth-order valence-corrected chi connectivity index (χ4v) is 2.66. The maximum absolute atomic E-state index is 12.2. The topological polar surface area (TPSA) is 52.5 Å². The number of rotatable bonds is 6. The molecule has 0 aliphatic carbocycles. The second kappa shape index (κ2) is 7.08. The van der Waals surface area contributed by atoms with Crippen molar-refractivity contribution in [3.8, 4) is 11.5 Å². The zero-order chi connectivity index (χ0) is 16.9. The summed E-state index contributed by atoms with van der Waals surface area (Å²) in [4.78, 5) is 12.2. The SMILES string of the molecule is COc1cc(NC(=O)CCn2ccc3ccccc32)cc(OC)c1. The first kappa shape index (κ1) is 15.9. The molecule has 24 heavy (non-hydrogen) atoms. The molecule has 3 aromatic rings. The molecule has 5 nitrogen and oxygen atoms in total. The molecule has 0 bridgehead atoms. The number of anilines is 1. The number of hydrogen-bond donors (Lipinski definition) is 1. The Morgan fingerprint density at radius 2 is 1.75 bits per heavy atom. The van der Waals surface area contributed by atoms with Gasteiger partial charge < -0.3 is 19.4 Å². The highest BCUT2D eigenvalue weighted by Gasteiger charge is 2.07. The van der Waals surface area contributed by atoms with Crippen molar-refractivity contribution in [1.29, 1.82) is 0 Å². The van der Waals surface area contributed by atoms with Gasteiger partial charge in [-0.25, -0.2) is 0 Å². The van der Waals surface area contributed by atoms with Gasteiger partial charge in [-0.05, 0) is 17.5 Å². The van der Waals surface area contributed by atoms with E-state index < -0.39 is 0 Å². The fraction of sp³-hybridized carbons (Fsp3) is 0.211. The van der Waals surface area contributed by atoms with Crippen LogP contribution in [0.4, 0.5) is 5.69 Å². The molecular weight excluding hydrogens is 304 g/mol.